The number of aliphatic imine (C=N–C) groups is 1. The molecule has 0 radical (unpaired) electrons. The van der Waals surface area contributed by atoms with Crippen LogP contribution in [0, 0.1) is 6.92 Å². The first-order valence-corrected chi connectivity index (χ1v) is 12.5. The summed E-state index contributed by atoms with van der Waals surface area (Å²) in [6.07, 6.45) is 4.34. The Hall–Kier alpha value is -2.37. The lowest BCUT2D eigenvalue weighted by atomic mass is 9.72. The molecule has 0 aromatic heterocycles. The summed E-state index contributed by atoms with van der Waals surface area (Å²) in [6.45, 7) is 9.23. The summed E-state index contributed by atoms with van der Waals surface area (Å²) < 4.78 is 5.73. The van der Waals surface area contributed by atoms with Crippen molar-refractivity contribution >= 4 is 5.96 Å². The van der Waals surface area contributed by atoms with Gasteiger partial charge in [-0.05, 0) is 56.2 Å². The first-order chi connectivity index (χ1) is 16.1. The minimum absolute atomic E-state index is 0.0908. The fourth-order valence-electron chi connectivity index (χ4n) is 5.52. The van der Waals surface area contributed by atoms with Gasteiger partial charge in [-0.1, -0.05) is 54.6 Å². The first kappa shape index (κ1) is 23.8. The van der Waals surface area contributed by atoms with E-state index in [0.29, 0.717) is 12.1 Å². The second-order valence-electron chi connectivity index (χ2n) is 9.80. The molecule has 0 amide bonds. The van der Waals surface area contributed by atoms with E-state index in [1.165, 1.54) is 16.7 Å². The average molecular weight is 449 g/mol. The quantitative estimate of drug-likeness (QED) is 0.512. The van der Waals surface area contributed by atoms with Gasteiger partial charge >= 0.3 is 0 Å². The van der Waals surface area contributed by atoms with Crippen LogP contribution in [0.15, 0.2) is 59.6 Å². The number of hydrogen-bond acceptors (Lipinski definition) is 3. The van der Waals surface area contributed by atoms with Crippen molar-refractivity contribution in [1.82, 2.24) is 15.5 Å². The van der Waals surface area contributed by atoms with E-state index in [0.717, 1.165) is 64.5 Å². The SMILES string of the molecule is CN=C(NCC1(c2ccccc2C)CCOCC1)NC1CCN(Cc2ccccc2)C(C)C1. The third-order valence-corrected chi connectivity index (χ3v) is 7.57. The maximum absolute atomic E-state index is 5.73. The van der Waals surface area contributed by atoms with Crippen LogP contribution in [-0.4, -0.2) is 56.3 Å². The molecule has 33 heavy (non-hydrogen) atoms. The van der Waals surface area contributed by atoms with Crippen LogP contribution < -0.4 is 10.6 Å². The van der Waals surface area contributed by atoms with Crippen LogP contribution in [0.3, 0.4) is 0 Å². The normalized spacial score (nSPS) is 23.8. The number of piperidine rings is 1. The van der Waals surface area contributed by atoms with Gasteiger partial charge in [0.25, 0.3) is 0 Å². The minimum Gasteiger partial charge on any atom is -0.381 e. The average Bonchev–Trinajstić information content (AvgIpc) is 2.85. The zero-order valence-corrected chi connectivity index (χ0v) is 20.5. The number of ether oxygens (including phenoxy) is 1. The zero-order valence-electron chi connectivity index (χ0n) is 20.5. The Balaban J connectivity index is 1.34. The summed E-state index contributed by atoms with van der Waals surface area (Å²) in [7, 11) is 1.88. The van der Waals surface area contributed by atoms with Gasteiger partial charge in [-0.3, -0.25) is 9.89 Å². The molecule has 2 aromatic carbocycles. The number of nitrogens with one attached hydrogen (secondary N) is 2. The Kier molecular flexibility index (Phi) is 8.05. The van der Waals surface area contributed by atoms with Crippen LogP contribution in [0.5, 0.6) is 0 Å². The molecule has 0 saturated carbocycles. The molecule has 2 heterocycles. The van der Waals surface area contributed by atoms with E-state index < -0.39 is 0 Å². The van der Waals surface area contributed by atoms with Crippen molar-refractivity contribution in [3.8, 4) is 0 Å². The fourth-order valence-corrected chi connectivity index (χ4v) is 5.52. The largest absolute Gasteiger partial charge is 0.381 e. The highest BCUT2D eigenvalue weighted by Crippen LogP contribution is 2.36. The lowest BCUT2D eigenvalue weighted by molar-refractivity contribution is 0.0511. The van der Waals surface area contributed by atoms with Crippen LogP contribution in [0.2, 0.25) is 0 Å². The van der Waals surface area contributed by atoms with Crippen LogP contribution in [0.25, 0.3) is 0 Å². The second kappa shape index (κ2) is 11.2. The molecule has 2 N–H and O–H groups in total. The predicted molar refractivity (Wildman–Crippen MR) is 137 cm³/mol. The van der Waals surface area contributed by atoms with Gasteiger partial charge in [0.1, 0.15) is 0 Å². The van der Waals surface area contributed by atoms with Gasteiger partial charge in [0.2, 0.25) is 0 Å². The molecule has 2 aliphatic heterocycles. The number of likely N-dealkylation sites (tertiary alicyclic amines) is 1. The molecule has 0 aliphatic carbocycles. The number of guanidine groups is 1. The molecule has 4 rings (SSSR count). The first-order valence-electron chi connectivity index (χ1n) is 12.5. The van der Waals surface area contributed by atoms with Crippen molar-refractivity contribution in [1.29, 1.82) is 0 Å². The van der Waals surface area contributed by atoms with Gasteiger partial charge in [0.15, 0.2) is 5.96 Å². The summed E-state index contributed by atoms with van der Waals surface area (Å²) >= 11 is 0. The molecule has 2 atom stereocenters. The Morgan fingerprint density at radius 2 is 1.82 bits per heavy atom. The molecule has 178 valence electrons. The molecule has 2 unspecified atom stereocenters. The van der Waals surface area contributed by atoms with Gasteiger partial charge in [-0.15, -0.1) is 0 Å². The Morgan fingerprint density at radius 1 is 1.09 bits per heavy atom. The molecule has 2 fully saturated rings. The van der Waals surface area contributed by atoms with Gasteiger partial charge in [0.05, 0.1) is 0 Å². The molecule has 0 spiro atoms. The molecule has 0 bridgehead atoms. The van der Waals surface area contributed by atoms with Crippen molar-refractivity contribution in [2.24, 2.45) is 4.99 Å². The maximum atomic E-state index is 5.73. The van der Waals surface area contributed by atoms with Crippen LogP contribution >= 0.6 is 0 Å². The van der Waals surface area contributed by atoms with Gasteiger partial charge < -0.3 is 15.4 Å². The lowest BCUT2D eigenvalue weighted by Crippen LogP contribution is -2.53. The summed E-state index contributed by atoms with van der Waals surface area (Å²) in [5, 5.41) is 7.41. The maximum Gasteiger partial charge on any atom is 0.191 e. The van der Waals surface area contributed by atoms with Gasteiger partial charge in [-0.25, -0.2) is 0 Å². The molecule has 2 saturated heterocycles. The Bertz CT molecular complexity index is 907. The van der Waals surface area contributed by atoms with Crippen molar-refractivity contribution in [2.75, 3.05) is 33.4 Å². The van der Waals surface area contributed by atoms with E-state index in [9.17, 15) is 0 Å². The summed E-state index contributed by atoms with van der Waals surface area (Å²) in [6, 6.07) is 20.6. The number of rotatable bonds is 6. The highest BCUT2D eigenvalue weighted by atomic mass is 16.5. The summed E-state index contributed by atoms with van der Waals surface area (Å²) in [5.74, 6) is 0.920. The number of nitrogens with zero attached hydrogens (tertiary/aromatic N) is 2. The third-order valence-electron chi connectivity index (χ3n) is 7.57. The van der Waals surface area contributed by atoms with Crippen LogP contribution in [-0.2, 0) is 16.7 Å². The number of benzene rings is 2. The molecule has 2 aromatic rings. The van der Waals surface area contributed by atoms with E-state index in [4.69, 9.17) is 4.74 Å². The second-order valence-corrected chi connectivity index (χ2v) is 9.80. The standard InChI is InChI=1S/C28H40N4O/c1-22-9-7-8-12-26(22)28(14-17-33-18-15-28)21-30-27(29-3)31-25-13-16-32(23(2)19-25)20-24-10-5-4-6-11-24/h4-12,23,25H,13-21H2,1-3H3,(H2,29,30,31). The van der Waals surface area contributed by atoms with E-state index in [1.807, 2.05) is 7.05 Å². The van der Waals surface area contributed by atoms with Crippen molar-refractivity contribution < 1.29 is 4.74 Å². The van der Waals surface area contributed by atoms with Crippen molar-refractivity contribution in [2.45, 2.75) is 63.6 Å². The van der Waals surface area contributed by atoms with Crippen molar-refractivity contribution in [3.05, 3.63) is 71.3 Å². The highest BCUT2D eigenvalue weighted by Gasteiger charge is 2.36. The Morgan fingerprint density at radius 3 is 2.52 bits per heavy atom. The molecule has 2 aliphatic rings. The minimum atomic E-state index is 0.0908. The van der Waals surface area contributed by atoms with Gasteiger partial charge in [0, 0.05) is 57.4 Å². The van der Waals surface area contributed by atoms with E-state index in [2.05, 4.69) is 89.0 Å². The third kappa shape index (κ3) is 5.96. The van der Waals surface area contributed by atoms with Crippen LogP contribution in [0.1, 0.15) is 49.3 Å². The molecular weight excluding hydrogens is 408 g/mol. The topological polar surface area (TPSA) is 48.9 Å². The summed E-state index contributed by atoms with van der Waals surface area (Å²) in [4.78, 5) is 7.17. The van der Waals surface area contributed by atoms with E-state index >= 15 is 0 Å². The molecule has 5 nitrogen and oxygen atoms in total. The monoisotopic (exact) mass is 448 g/mol. The highest BCUT2D eigenvalue weighted by molar-refractivity contribution is 5.80. The summed E-state index contributed by atoms with van der Waals surface area (Å²) in [5.41, 5.74) is 4.29. The van der Waals surface area contributed by atoms with Crippen LogP contribution in [0.4, 0.5) is 0 Å². The lowest BCUT2D eigenvalue weighted by Gasteiger charge is -2.40. The molecule has 5 heteroatoms. The predicted octanol–water partition coefficient (Wildman–Crippen LogP) is 4.26. The Labute approximate surface area is 199 Å². The van der Waals surface area contributed by atoms with E-state index in [1.54, 1.807) is 0 Å². The van der Waals surface area contributed by atoms with Crippen molar-refractivity contribution in [3.63, 3.8) is 0 Å². The number of aryl methyl sites for hydroxylation is 1. The fraction of sp³-hybridized carbons (Fsp3) is 0.536. The van der Waals surface area contributed by atoms with E-state index in [-0.39, 0.29) is 5.41 Å². The molecular formula is C28H40N4O. The number of hydrogen-bond donors (Lipinski definition) is 2. The smallest absolute Gasteiger partial charge is 0.191 e. The van der Waals surface area contributed by atoms with Gasteiger partial charge in [-0.2, -0.15) is 0 Å². The zero-order chi connectivity index (χ0) is 23.1.